The lowest BCUT2D eigenvalue weighted by atomic mass is 10.0. The Hall–Kier alpha value is -3.57. The van der Waals surface area contributed by atoms with E-state index in [-0.39, 0.29) is 24.8 Å². The molecule has 0 aliphatic heterocycles. The highest BCUT2D eigenvalue weighted by Crippen LogP contribution is 2.35. The Balaban J connectivity index is 1.57. The number of benzene rings is 2. The smallest absolute Gasteiger partial charge is 0.494 e. The van der Waals surface area contributed by atoms with Gasteiger partial charge in [-0.25, -0.2) is 0 Å². The normalized spacial score (nSPS) is 12.3. The second-order valence-corrected chi connectivity index (χ2v) is 9.68. The lowest BCUT2D eigenvalue weighted by molar-refractivity contribution is -0.274. The van der Waals surface area contributed by atoms with Gasteiger partial charge in [0.05, 0.1) is 18.5 Å². The maximum absolute atomic E-state index is 12.4. The molecule has 0 unspecified atom stereocenters. The molecule has 0 amide bonds. The maximum atomic E-state index is 12.4. The first kappa shape index (κ1) is 24.6. The van der Waals surface area contributed by atoms with Gasteiger partial charge in [0.15, 0.2) is 5.88 Å². The molecule has 0 saturated heterocycles. The minimum absolute atomic E-state index is 0.0473. The fourth-order valence-corrected chi connectivity index (χ4v) is 4.06. The van der Waals surface area contributed by atoms with Crippen molar-refractivity contribution in [1.29, 1.82) is 0 Å². The van der Waals surface area contributed by atoms with Crippen LogP contribution in [-0.4, -0.2) is 35.7 Å². The zero-order valence-corrected chi connectivity index (χ0v) is 19.5. The number of hydrogen-bond donors (Lipinski definition) is 1. The molecule has 0 bridgehead atoms. The minimum atomic E-state index is -4.76. The van der Waals surface area contributed by atoms with E-state index in [1.165, 1.54) is 24.3 Å². The van der Waals surface area contributed by atoms with E-state index in [9.17, 15) is 26.7 Å². The highest BCUT2D eigenvalue weighted by atomic mass is 32.2. The van der Waals surface area contributed by atoms with Gasteiger partial charge >= 0.3 is 6.36 Å². The summed E-state index contributed by atoms with van der Waals surface area (Å²) in [6.45, 7) is 1.95. The van der Waals surface area contributed by atoms with Crippen molar-refractivity contribution in [3.05, 3.63) is 77.7 Å². The summed E-state index contributed by atoms with van der Waals surface area (Å²) < 4.78 is 69.6. The van der Waals surface area contributed by atoms with Crippen molar-refractivity contribution >= 4 is 20.9 Å². The van der Waals surface area contributed by atoms with Gasteiger partial charge in [-0.3, -0.25) is 9.17 Å². The van der Waals surface area contributed by atoms with Crippen molar-refractivity contribution in [2.45, 2.75) is 26.4 Å². The Morgan fingerprint density at radius 3 is 2.37 bits per heavy atom. The number of nitrogens with zero attached hydrogens (tertiary/aromatic N) is 2. The molecule has 184 valence electrons. The van der Waals surface area contributed by atoms with Gasteiger partial charge in [-0.2, -0.15) is 8.42 Å². The molecular weight excluding hydrogens is 485 g/mol. The van der Waals surface area contributed by atoms with E-state index in [1.54, 1.807) is 29.1 Å². The zero-order chi connectivity index (χ0) is 25.4. The van der Waals surface area contributed by atoms with E-state index in [0.29, 0.717) is 16.6 Å². The molecule has 11 heteroatoms. The first-order valence-electron chi connectivity index (χ1n) is 10.3. The monoisotopic (exact) mass is 506 g/mol. The molecule has 4 rings (SSSR count). The molecule has 0 aliphatic rings. The standard InChI is InChI=1S/C24H21F3N2O5S/c1-15-9-18(17-5-6-20(28-11-17)14-33-35(2,31)32)10-19-13-29(23(30)22(15)19)12-16-3-7-21(8-4-16)34-24(25,26)27/h3-11,13,30H,12,14H2,1-2H3. The van der Waals surface area contributed by atoms with E-state index in [0.717, 1.165) is 28.3 Å². The molecule has 0 saturated carbocycles. The van der Waals surface area contributed by atoms with Gasteiger partial charge in [0.2, 0.25) is 0 Å². The lowest BCUT2D eigenvalue weighted by Crippen LogP contribution is -2.17. The molecule has 2 aromatic heterocycles. The number of pyridine rings is 1. The fourth-order valence-electron chi connectivity index (χ4n) is 3.72. The number of alkyl halides is 3. The third kappa shape index (κ3) is 6.11. The van der Waals surface area contributed by atoms with Crippen molar-refractivity contribution in [1.82, 2.24) is 9.55 Å². The molecular formula is C24H21F3N2O5S. The molecule has 0 fully saturated rings. The van der Waals surface area contributed by atoms with Crippen LogP contribution in [0.1, 0.15) is 16.8 Å². The second kappa shape index (κ2) is 9.23. The van der Waals surface area contributed by atoms with Crippen LogP contribution < -0.4 is 4.74 Å². The number of hydrogen-bond acceptors (Lipinski definition) is 6. The van der Waals surface area contributed by atoms with E-state index in [4.69, 9.17) is 4.18 Å². The summed E-state index contributed by atoms with van der Waals surface area (Å²) in [5.41, 5.74) is 3.62. The number of ether oxygens (including phenoxy) is 1. The molecule has 35 heavy (non-hydrogen) atoms. The van der Waals surface area contributed by atoms with E-state index < -0.39 is 16.5 Å². The quantitative estimate of drug-likeness (QED) is 0.349. The Morgan fingerprint density at radius 1 is 1.06 bits per heavy atom. The minimum Gasteiger partial charge on any atom is -0.494 e. The van der Waals surface area contributed by atoms with Gasteiger partial charge in [0, 0.05) is 28.7 Å². The van der Waals surface area contributed by atoms with Crippen LogP contribution in [0, 0.1) is 6.92 Å². The molecule has 0 radical (unpaired) electrons. The summed E-state index contributed by atoms with van der Waals surface area (Å²) in [4.78, 5) is 4.25. The third-order valence-electron chi connectivity index (χ3n) is 5.25. The van der Waals surface area contributed by atoms with Gasteiger partial charge in [-0.1, -0.05) is 24.3 Å². The Morgan fingerprint density at radius 2 is 1.77 bits per heavy atom. The predicted octanol–water partition coefficient (Wildman–Crippen LogP) is 5.14. The summed E-state index contributed by atoms with van der Waals surface area (Å²) in [6.07, 6.45) is -0.405. The number of aromatic hydroxyl groups is 1. The van der Waals surface area contributed by atoms with Crippen LogP contribution in [0.5, 0.6) is 11.6 Å². The summed E-state index contributed by atoms with van der Waals surface area (Å²) >= 11 is 0. The molecule has 2 heterocycles. The van der Waals surface area contributed by atoms with Crippen LogP contribution in [0.2, 0.25) is 0 Å². The first-order valence-corrected chi connectivity index (χ1v) is 12.2. The number of halogens is 3. The van der Waals surface area contributed by atoms with Gasteiger partial charge in [-0.05, 0) is 47.9 Å². The summed E-state index contributed by atoms with van der Waals surface area (Å²) in [5, 5.41) is 12.2. The number of rotatable bonds is 7. The fraction of sp³-hybridized carbons (Fsp3) is 0.208. The average Bonchev–Trinajstić information content (AvgIpc) is 3.08. The summed E-state index contributed by atoms with van der Waals surface area (Å²) in [7, 11) is -3.57. The molecule has 0 spiro atoms. The summed E-state index contributed by atoms with van der Waals surface area (Å²) in [6, 6.07) is 12.7. The van der Waals surface area contributed by atoms with Crippen LogP contribution in [0.25, 0.3) is 21.9 Å². The highest BCUT2D eigenvalue weighted by molar-refractivity contribution is 7.85. The Labute approximate surface area is 199 Å². The summed E-state index contributed by atoms with van der Waals surface area (Å²) in [5.74, 6) is -0.266. The Kier molecular flexibility index (Phi) is 6.48. The largest absolute Gasteiger partial charge is 0.573 e. The van der Waals surface area contributed by atoms with Crippen LogP contribution in [-0.2, 0) is 27.5 Å². The van der Waals surface area contributed by atoms with Gasteiger partial charge < -0.3 is 14.4 Å². The topological polar surface area (TPSA) is 90.7 Å². The van der Waals surface area contributed by atoms with Gasteiger partial charge in [0.25, 0.3) is 10.1 Å². The average molecular weight is 507 g/mol. The van der Waals surface area contributed by atoms with E-state index in [1.807, 2.05) is 19.1 Å². The van der Waals surface area contributed by atoms with Crippen LogP contribution >= 0.6 is 0 Å². The van der Waals surface area contributed by atoms with Crippen molar-refractivity contribution in [2.24, 2.45) is 0 Å². The molecule has 4 aromatic rings. The highest BCUT2D eigenvalue weighted by Gasteiger charge is 2.31. The SMILES string of the molecule is Cc1cc(-c2ccc(COS(C)(=O)=O)nc2)cc2cn(Cc3ccc(OC(F)(F)F)cc3)c(O)c12. The number of aryl methyl sites for hydroxylation is 1. The Bertz CT molecular complexity index is 1460. The van der Waals surface area contributed by atoms with Crippen molar-refractivity contribution in [3.63, 3.8) is 0 Å². The number of aromatic nitrogens is 2. The third-order valence-corrected chi connectivity index (χ3v) is 5.79. The molecule has 7 nitrogen and oxygen atoms in total. The predicted molar refractivity (Wildman–Crippen MR) is 123 cm³/mol. The molecule has 0 aliphatic carbocycles. The molecule has 2 aromatic carbocycles. The van der Waals surface area contributed by atoms with Crippen LogP contribution in [0.15, 0.2) is 60.9 Å². The first-order chi connectivity index (χ1) is 16.4. The lowest BCUT2D eigenvalue weighted by Gasteiger charge is -2.10. The van der Waals surface area contributed by atoms with Gasteiger partial charge in [-0.15, -0.1) is 13.2 Å². The van der Waals surface area contributed by atoms with Crippen molar-refractivity contribution in [3.8, 4) is 22.8 Å². The number of fused-ring (bicyclic) bond motifs is 1. The van der Waals surface area contributed by atoms with Crippen LogP contribution in [0.3, 0.4) is 0 Å². The van der Waals surface area contributed by atoms with Crippen LogP contribution in [0.4, 0.5) is 13.2 Å². The maximum Gasteiger partial charge on any atom is 0.573 e. The van der Waals surface area contributed by atoms with Crippen molar-refractivity contribution < 1.29 is 35.6 Å². The molecule has 1 N–H and O–H groups in total. The van der Waals surface area contributed by atoms with E-state index >= 15 is 0 Å². The van der Waals surface area contributed by atoms with Crippen molar-refractivity contribution in [2.75, 3.05) is 6.26 Å². The zero-order valence-electron chi connectivity index (χ0n) is 18.7. The van der Waals surface area contributed by atoms with E-state index in [2.05, 4.69) is 9.72 Å². The van der Waals surface area contributed by atoms with Gasteiger partial charge in [0.1, 0.15) is 12.4 Å². The molecule has 0 atom stereocenters. The second-order valence-electron chi connectivity index (χ2n) is 8.03.